The lowest BCUT2D eigenvalue weighted by atomic mass is 9.91. The highest BCUT2D eigenvalue weighted by atomic mass is 32.2. The first-order valence-corrected chi connectivity index (χ1v) is 8.62. The molecule has 5 heteroatoms. The lowest BCUT2D eigenvalue weighted by Gasteiger charge is -2.35. The molecule has 1 heterocycles. The maximum Gasteiger partial charge on any atom is 0.148 e. The molecule has 0 spiro atoms. The molecule has 0 aromatic rings. The summed E-state index contributed by atoms with van der Waals surface area (Å²) in [5.41, 5.74) is 0. The van der Waals surface area contributed by atoms with E-state index in [2.05, 4.69) is 24.1 Å². The molecule has 1 aliphatic heterocycles. The molecule has 1 saturated heterocycles. The van der Waals surface area contributed by atoms with Crippen LogP contribution in [0.15, 0.2) is 0 Å². The monoisotopic (exact) mass is 262 g/mol. The average Bonchev–Trinajstić information content (AvgIpc) is 2.26. The van der Waals surface area contributed by atoms with Crippen LogP contribution in [0.25, 0.3) is 0 Å². The lowest BCUT2D eigenvalue weighted by molar-refractivity contribution is 0.158. The van der Waals surface area contributed by atoms with Gasteiger partial charge < -0.3 is 10.2 Å². The largest absolute Gasteiger partial charge is 0.314 e. The van der Waals surface area contributed by atoms with Gasteiger partial charge in [0.2, 0.25) is 0 Å². The van der Waals surface area contributed by atoms with Crippen LogP contribution in [-0.4, -0.2) is 57.5 Å². The second-order valence-corrected chi connectivity index (χ2v) is 7.44. The summed E-state index contributed by atoms with van der Waals surface area (Å²) in [5.74, 6) is 0.943. The van der Waals surface area contributed by atoms with E-state index in [-0.39, 0.29) is 5.75 Å². The van der Waals surface area contributed by atoms with E-state index in [0.29, 0.717) is 18.5 Å². The Morgan fingerprint density at radius 3 is 2.76 bits per heavy atom. The molecule has 1 fully saturated rings. The second kappa shape index (κ2) is 6.71. The van der Waals surface area contributed by atoms with E-state index >= 15 is 0 Å². The summed E-state index contributed by atoms with van der Waals surface area (Å²) in [4.78, 5) is 2.29. The van der Waals surface area contributed by atoms with Crippen molar-refractivity contribution in [3.05, 3.63) is 0 Å². The van der Waals surface area contributed by atoms with Gasteiger partial charge in [-0.05, 0) is 38.8 Å². The standard InChI is InChI=1S/C12H26N2O2S/c1-4-13-11(2)12-6-5-7-14(10-12)8-9-17(3,15)16/h11-13H,4-10H2,1-3H3. The third-order valence-corrected chi connectivity index (χ3v) is 4.48. The fourth-order valence-electron chi connectivity index (χ4n) is 2.49. The number of likely N-dealkylation sites (tertiary alicyclic amines) is 1. The van der Waals surface area contributed by atoms with Gasteiger partial charge in [-0.15, -0.1) is 0 Å². The van der Waals surface area contributed by atoms with E-state index in [0.717, 1.165) is 19.6 Å². The van der Waals surface area contributed by atoms with Crippen molar-refractivity contribution in [1.29, 1.82) is 0 Å². The van der Waals surface area contributed by atoms with Crippen molar-refractivity contribution in [2.24, 2.45) is 5.92 Å². The van der Waals surface area contributed by atoms with Gasteiger partial charge in [-0.1, -0.05) is 6.92 Å². The Bertz CT molecular complexity index is 316. The number of rotatable bonds is 6. The van der Waals surface area contributed by atoms with Gasteiger partial charge in [-0.2, -0.15) is 0 Å². The molecule has 0 bridgehead atoms. The van der Waals surface area contributed by atoms with Crippen molar-refractivity contribution in [3.63, 3.8) is 0 Å². The number of sulfone groups is 1. The number of piperidine rings is 1. The van der Waals surface area contributed by atoms with Gasteiger partial charge in [0.25, 0.3) is 0 Å². The maximum atomic E-state index is 11.2. The minimum atomic E-state index is -2.83. The summed E-state index contributed by atoms with van der Waals surface area (Å²) in [6.07, 6.45) is 3.75. The van der Waals surface area contributed by atoms with E-state index in [4.69, 9.17) is 0 Å². The van der Waals surface area contributed by atoms with Crippen LogP contribution in [0.4, 0.5) is 0 Å². The highest BCUT2D eigenvalue weighted by Gasteiger charge is 2.24. The Balaban J connectivity index is 2.38. The molecule has 0 aromatic heterocycles. The predicted molar refractivity (Wildman–Crippen MR) is 72.0 cm³/mol. The van der Waals surface area contributed by atoms with Crippen LogP contribution >= 0.6 is 0 Å². The smallest absolute Gasteiger partial charge is 0.148 e. The first-order valence-electron chi connectivity index (χ1n) is 6.56. The highest BCUT2D eigenvalue weighted by molar-refractivity contribution is 7.90. The molecule has 2 atom stereocenters. The van der Waals surface area contributed by atoms with Crippen LogP contribution in [0.5, 0.6) is 0 Å². The topological polar surface area (TPSA) is 49.4 Å². The number of nitrogens with zero attached hydrogens (tertiary/aromatic N) is 1. The Morgan fingerprint density at radius 1 is 1.47 bits per heavy atom. The third kappa shape index (κ3) is 5.84. The molecule has 102 valence electrons. The second-order valence-electron chi connectivity index (χ2n) is 5.18. The van der Waals surface area contributed by atoms with Crippen LogP contribution in [-0.2, 0) is 9.84 Å². The fraction of sp³-hybridized carbons (Fsp3) is 1.00. The predicted octanol–water partition coefficient (Wildman–Crippen LogP) is 0.741. The van der Waals surface area contributed by atoms with Crippen molar-refractivity contribution in [3.8, 4) is 0 Å². The van der Waals surface area contributed by atoms with Gasteiger partial charge in [-0.3, -0.25) is 0 Å². The molecular formula is C12H26N2O2S. The average molecular weight is 262 g/mol. The van der Waals surface area contributed by atoms with E-state index < -0.39 is 9.84 Å². The molecule has 2 unspecified atom stereocenters. The Hall–Kier alpha value is -0.130. The molecule has 0 aromatic carbocycles. The molecule has 4 nitrogen and oxygen atoms in total. The van der Waals surface area contributed by atoms with E-state index in [1.807, 2.05) is 0 Å². The van der Waals surface area contributed by atoms with Crippen molar-refractivity contribution in [2.75, 3.05) is 38.2 Å². The minimum absolute atomic E-state index is 0.287. The van der Waals surface area contributed by atoms with E-state index in [1.165, 1.54) is 19.1 Å². The van der Waals surface area contributed by atoms with Gasteiger partial charge in [0.15, 0.2) is 0 Å². The zero-order chi connectivity index (χ0) is 12.9. The molecule has 0 radical (unpaired) electrons. The summed E-state index contributed by atoms with van der Waals surface area (Å²) in [6.45, 7) is 8.12. The summed E-state index contributed by atoms with van der Waals surface area (Å²) >= 11 is 0. The molecule has 17 heavy (non-hydrogen) atoms. The summed E-state index contributed by atoms with van der Waals surface area (Å²) < 4.78 is 22.3. The van der Waals surface area contributed by atoms with Crippen molar-refractivity contribution in [2.45, 2.75) is 32.7 Å². The molecule has 1 N–H and O–H groups in total. The van der Waals surface area contributed by atoms with Crippen LogP contribution < -0.4 is 5.32 Å². The first-order chi connectivity index (χ1) is 7.92. The Morgan fingerprint density at radius 2 is 2.18 bits per heavy atom. The number of hydrogen-bond acceptors (Lipinski definition) is 4. The molecule has 0 saturated carbocycles. The zero-order valence-corrected chi connectivity index (χ0v) is 12.1. The Labute approximate surface area is 106 Å². The third-order valence-electron chi connectivity index (χ3n) is 3.55. The first kappa shape index (κ1) is 14.9. The van der Waals surface area contributed by atoms with Crippen LogP contribution in [0, 0.1) is 5.92 Å². The van der Waals surface area contributed by atoms with Crippen LogP contribution in [0.2, 0.25) is 0 Å². The number of nitrogens with one attached hydrogen (secondary N) is 1. The van der Waals surface area contributed by atoms with Crippen molar-refractivity contribution >= 4 is 9.84 Å². The zero-order valence-electron chi connectivity index (χ0n) is 11.3. The molecule has 1 rings (SSSR count). The Kier molecular flexibility index (Phi) is 5.89. The van der Waals surface area contributed by atoms with Gasteiger partial charge in [0.1, 0.15) is 9.84 Å². The summed E-state index contributed by atoms with van der Waals surface area (Å²) in [5, 5.41) is 3.46. The fourth-order valence-corrected chi connectivity index (χ4v) is 3.08. The van der Waals surface area contributed by atoms with E-state index in [9.17, 15) is 8.42 Å². The molecule has 1 aliphatic rings. The quantitative estimate of drug-likeness (QED) is 0.767. The normalized spacial score (nSPS) is 24.8. The van der Waals surface area contributed by atoms with Gasteiger partial charge in [0, 0.05) is 25.4 Å². The van der Waals surface area contributed by atoms with E-state index in [1.54, 1.807) is 0 Å². The molecular weight excluding hydrogens is 236 g/mol. The van der Waals surface area contributed by atoms with Crippen LogP contribution in [0.1, 0.15) is 26.7 Å². The molecule has 0 amide bonds. The summed E-state index contributed by atoms with van der Waals surface area (Å²) in [6, 6.07) is 0.529. The summed E-state index contributed by atoms with van der Waals surface area (Å²) in [7, 11) is -2.83. The molecule has 0 aliphatic carbocycles. The van der Waals surface area contributed by atoms with Gasteiger partial charge in [0.05, 0.1) is 5.75 Å². The maximum absolute atomic E-state index is 11.2. The SMILES string of the molecule is CCNC(C)C1CCCN(CCS(C)(=O)=O)C1. The van der Waals surface area contributed by atoms with Gasteiger partial charge in [-0.25, -0.2) is 8.42 Å². The lowest BCUT2D eigenvalue weighted by Crippen LogP contribution is -2.45. The van der Waals surface area contributed by atoms with Crippen LogP contribution in [0.3, 0.4) is 0 Å². The van der Waals surface area contributed by atoms with Crippen molar-refractivity contribution < 1.29 is 8.42 Å². The minimum Gasteiger partial charge on any atom is -0.314 e. The highest BCUT2D eigenvalue weighted by Crippen LogP contribution is 2.19. The van der Waals surface area contributed by atoms with Gasteiger partial charge >= 0.3 is 0 Å². The van der Waals surface area contributed by atoms with Crippen molar-refractivity contribution in [1.82, 2.24) is 10.2 Å². The number of hydrogen-bond donors (Lipinski definition) is 1.